The number of halogens is 2. The zero-order chi connectivity index (χ0) is 19.2. The third kappa shape index (κ3) is 4.74. The van der Waals surface area contributed by atoms with Crippen molar-refractivity contribution < 1.29 is 18.3 Å². The van der Waals surface area contributed by atoms with Crippen LogP contribution in [0.4, 0.5) is 20.2 Å². The lowest BCUT2D eigenvalue weighted by atomic mass is 10.2. The number of carbonyl (C=O) groups is 1. The van der Waals surface area contributed by atoms with Crippen molar-refractivity contribution >= 4 is 17.3 Å². The van der Waals surface area contributed by atoms with E-state index in [1.54, 1.807) is 7.11 Å². The van der Waals surface area contributed by atoms with Gasteiger partial charge in [0, 0.05) is 39.1 Å². The number of amides is 1. The fourth-order valence-corrected chi connectivity index (χ4v) is 3.18. The maximum absolute atomic E-state index is 13.6. The number of anilines is 2. The van der Waals surface area contributed by atoms with E-state index in [1.165, 1.54) is 6.07 Å². The average molecular weight is 375 g/mol. The molecule has 0 saturated carbocycles. The highest BCUT2D eigenvalue weighted by Crippen LogP contribution is 2.28. The number of hydrogen-bond donors (Lipinski definition) is 1. The first-order valence-corrected chi connectivity index (χ1v) is 8.92. The summed E-state index contributed by atoms with van der Waals surface area (Å²) in [5, 5.41) is 2.33. The molecule has 0 radical (unpaired) electrons. The van der Waals surface area contributed by atoms with E-state index < -0.39 is 17.5 Å². The van der Waals surface area contributed by atoms with E-state index in [1.807, 2.05) is 24.3 Å². The predicted octanol–water partition coefficient (Wildman–Crippen LogP) is 3.12. The molecule has 0 spiro atoms. The Hall–Kier alpha value is -2.67. The molecule has 7 heteroatoms. The molecule has 1 saturated heterocycles. The number of hydrogen-bond acceptors (Lipinski definition) is 4. The van der Waals surface area contributed by atoms with Crippen LogP contribution in [0.3, 0.4) is 0 Å². The van der Waals surface area contributed by atoms with Gasteiger partial charge in [-0.15, -0.1) is 0 Å². The van der Waals surface area contributed by atoms with Gasteiger partial charge in [-0.05, 0) is 24.3 Å². The monoisotopic (exact) mass is 375 g/mol. The van der Waals surface area contributed by atoms with E-state index >= 15 is 0 Å². The number of carbonyl (C=O) groups excluding carboxylic acids is 1. The second-order valence-electron chi connectivity index (χ2n) is 6.40. The van der Waals surface area contributed by atoms with Gasteiger partial charge in [-0.3, -0.25) is 9.69 Å². The van der Waals surface area contributed by atoms with Gasteiger partial charge < -0.3 is 15.0 Å². The molecule has 1 heterocycles. The molecule has 2 aromatic carbocycles. The molecule has 1 fully saturated rings. The Kier molecular flexibility index (Phi) is 6.24. The highest BCUT2D eigenvalue weighted by Gasteiger charge is 2.20. The van der Waals surface area contributed by atoms with Crippen molar-refractivity contribution in [2.45, 2.75) is 6.42 Å². The van der Waals surface area contributed by atoms with Gasteiger partial charge in [0.2, 0.25) is 5.91 Å². The van der Waals surface area contributed by atoms with Crippen LogP contribution >= 0.6 is 0 Å². The van der Waals surface area contributed by atoms with Crippen LogP contribution < -0.4 is 15.0 Å². The molecule has 1 N–H and O–H groups in total. The van der Waals surface area contributed by atoms with Crippen LogP contribution in [0.15, 0.2) is 42.5 Å². The largest absolute Gasteiger partial charge is 0.495 e. The van der Waals surface area contributed by atoms with Crippen LogP contribution in [0, 0.1) is 11.6 Å². The second-order valence-corrected chi connectivity index (χ2v) is 6.40. The average Bonchev–Trinajstić information content (AvgIpc) is 2.69. The van der Waals surface area contributed by atoms with Crippen LogP contribution in [0.25, 0.3) is 0 Å². The first-order chi connectivity index (χ1) is 13.1. The van der Waals surface area contributed by atoms with Gasteiger partial charge in [0.05, 0.1) is 12.8 Å². The summed E-state index contributed by atoms with van der Waals surface area (Å²) in [4.78, 5) is 16.5. The Bertz CT molecular complexity index is 772. The Labute approximate surface area is 157 Å². The van der Waals surface area contributed by atoms with Crippen LogP contribution in [0.1, 0.15) is 6.42 Å². The third-order valence-electron chi connectivity index (χ3n) is 4.68. The topological polar surface area (TPSA) is 44.8 Å². The SMILES string of the molecule is COc1ccccc1N1CCN(CCC(=O)Nc2c(F)cccc2F)CC1. The molecule has 0 bridgehead atoms. The molecular formula is C20H23F2N3O2. The summed E-state index contributed by atoms with van der Waals surface area (Å²) < 4.78 is 32.6. The van der Waals surface area contributed by atoms with Gasteiger partial charge >= 0.3 is 0 Å². The van der Waals surface area contributed by atoms with E-state index in [2.05, 4.69) is 15.1 Å². The summed E-state index contributed by atoms with van der Waals surface area (Å²) in [6.45, 7) is 3.80. The Morgan fingerprint density at radius 1 is 1.04 bits per heavy atom. The number of methoxy groups -OCH3 is 1. The number of piperazine rings is 1. The molecule has 1 aliphatic heterocycles. The fourth-order valence-electron chi connectivity index (χ4n) is 3.18. The zero-order valence-corrected chi connectivity index (χ0v) is 15.3. The van der Waals surface area contributed by atoms with Crippen molar-refractivity contribution in [2.75, 3.05) is 50.1 Å². The second kappa shape index (κ2) is 8.81. The number of benzene rings is 2. The van der Waals surface area contributed by atoms with Crippen LogP contribution in [-0.2, 0) is 4.79 Å². The number of nitrogens with zero attached hydrogens (tertiary/aromatic N) is 2. The number of nitrogens with one attached hydrogen (secondary N) is 1. The molecule has 0 aromatic heterocycles. The first-order valence-electron chi connectivity index (χ1n) is 8.92. The minimum absolute atomic E-state index is 0.183. The third-order valence-corrected chi connectivity index (χ3v) is 4.68. The van der Waals surface area contributed by atoms with Crippen molar-refractivity contribution in [3.05, 3.63) is 54.1 Å². The Balaban J connectivity index is 1.48. The molecule has 3 rings (SSSR count). The molecule has 1 amide bonds. The summed E-state index contributed by atoms with van der Waals surface area (Å²) in [6, 6.07) is 11.4. The van der Waals surface area contributed by atoms with Crippen LogP contribution in [0.2, 0.25) is 0 Å². The lowest BCUT2D eigenvalue weighted by Gasteiger charge is -2.36. The first kappa shape index (κ1) is 19.1. The zero-order valence-electron chi connectivity index (χ0n) is 15.3. The lowest BCUT2D eigenvalue weighted by Crippen LogP contribution is -2.47. The quantitative estimate of drug-likeness (QED) is 0.843. The van der Waals surface area contributed by atoms with Gasteiger partial charge in [-0.2, -0.15) is 0 Å². The molecule has 144 valence electrons. The minimum atomic E-state index is -0.770. The van der Waals surface area contributed by atoms with Gasteiger partial charge in [0.1, 0.15) is 23.1 Å². The molecular weight excluding hydrogens is 352 g/mol. The van der Waals surface area contributed by atoms with Crippen LogP contribution in [-0.4, -0.2) is 50.6 Å². The van der Waals surface area contributed by atoms with Crippen molar-refractivity contribution in [3.8, 4) is 5.75 Å². The minimum Gasteiger partial charge on any atom is -0.495 e. The molecule has 27 heavy (non-hydrogen) atoms. The molecule has 2 aromatic rings. The standard InChI is InChI=1S/C20H23F2N3O2/c1-27-18-8-3-2-7-17(18)25-13-11-24(12-14-25)10-9-19(26)23-20-15(21)5-4-6-16(20)22/h2-8H,9-14H2,1H3,(H,23,26). The predicted molar refractivity (Wildman–Crippen MR) is 101 cm³/mol. The van der Waals surface area contributed by atoms with E-state index in [0.29, 0.717) is 6.54 Å². The molecule has 1 aliphatic rings. The normalized spacial score (nSPS) is 14.9. The highest BCUT2D eigenvalue weighted by molar-refractivity contribution is 5.91. The number of para-hydroxylation sites is 3. The summed E-state index contributed by atoms with van der Waals surface area (Å²) in [5.74, 6) is -1.09. The summed E-state index contributed by atoms with van der Waals surface area (Å²) in [6.07, 6.45) is 0.183. The highest BCUT2D eigenvalue weighted by atomic mass is 19.1. The van der Waals surface area contributed by atoms with Crippen molar-refractivity contribution in [2.24, 2.45) is 0 Å². The van der Waals surface area contributed by atoms with Crippen molar-refractivity contribution in [1.82, 2.24) is 4.90 Å². The smallest absolute Gasteiger partial charge is 0.225 e. The molecule has 0 unspecified atom stereocenters. The fraction of sp³-hybridized carbons (Fsp3) is 0.350. The van der Waals surface area contributed by atoms with E-state index in [0.717, 1.165) is 49.7 Å². The Morgan fingerprint density at radius 2 is 1.70 bits per heavy atom. The summed E-state index contributed by atoms with van der Waals surface area (Å²) in [7, 11) is 1.66. The van der Waals surface area contributed by atoms with Gasteiger partial charge in [-0.25, -0.2) is 8.78 Å². The van der Waals surface area contributed by atoms with Crippen molar-refractivity contribution in [1.29, 1.82) is 0 Å². The lowest BCUT2D eigenvalue weighted by molar-refractivity contribution is -0.116. The van der Waals surface area contributed by atoms with E-state index in [-0.39, 0.29) is 12.1 Å². The van der Waals surface area contributed by atoms with Gasteiger partial charge in [0.15, 0.2) is 0 Å². The van der Waals surface area contributed by atoms with Crippen LogP contribution in [0.5, 0.6) is 5.75 Å². The van der Waals surface area contributed by atoms with E-state index in [4.69, 9.17) is 4.74 Å². The summed E-state index contributed by atoms with van der Waals surface area (Å²) in [5.41, 5.74) is 0.677. The molecule has 0 aliphatic carbocycles. The maximum Gasteiger partial charge on any atom is 0.225 e. The summed E-state index contributed by atoms with van der Waals surface area (Å²) >= 11 is 0. The number of rotatable bonds is 6. The van der Waals surface area contributed by atoms with Gasteiger partial charge in [-0.1, -0.05) is 18.2 Å². The molecule has 5 nitrogen and oxygen atoms in total. The maximum atomic E-state index is 13.6. The Morgan fingerprint density at radius 3 is 2.37 bits per heavy atom. The van der Waals surface area contributed by atoms with Gasteiger partial charge in [0.25, 0.3) is 0 Å². The van der Waals surface area contributed by atoms with Crippen molar-refractivity contribution in [3.63, 3.8) is 0 Å². The van der Waals surface area contributed by atoms with E-state index in [9.17, 15) is 13.6 Å². The number of ether oxygens (including phenoxy) is 1. The molecule has 0 atom stereocenters.